The molecule has 22 heavy (non-hydrogen) atoms. The summed E-state index contributed by atoms with van der Waals surface area (Å²) in [5, 5.41) is 0. The molecule has 1 aromatic carbocycles. The molecule has 122 valence electrons. The maximum atomic E-state index is 13.0. The van der Waals surface area contributed by atoms with Crippen LogP contribution in [0.1, 0.15) is 24.0 Å². The molecule has 1 saturated carbocycles. The third-order valence-corrected chi connectivity index (χ3v) is 6.89. The lowest BCUT2D eigenvalue weighted by Gasteiger charge is -2.19. The van der Waals surface area contributed by atoms with Crippen LogP contribution >= 0.6 is 0 Å². The lowest BCUT2D eigenvalue weighted by Crippen LogP contribution is -2.33. The Balaban J connectivity index is 1.93. The molecule has 1 saturated heterocycles. The largest absolute Gasteiger partial charge is 0.496 e. The number of hydrogen-bond acceptors (Lipinski definition) is 4. The second-order valence-corrected chi connectivity index (χ2v) is 8.48. The van der Waals surface area contributed by atoms with Gasteiger partial charge in [0.05, 0.1) is 12.0 Å². The van der Waals surface area contributed by atoms with Crippen molar-refractivity contribution in [1.29, 1.82) is 0 Å². The minimum Gasteiger partial charge on any atom is -0.496 e. The van der Waals surface area contributed by atoms with Gasteiger partial charge < -0.3 is 10.5 Å². The highest BCUT2D eigenvalue weighted by molar-refractivity contribution is 7.89. The van der Waals surface area contributed by atoms with Crippen LogP contribution in [0.15, 0.2) is 17.0 Å². The molecule has 6 heteroatoms. The zero-order valence-electron chi connectivity index (χ0n) is 13.4. The third kappa shape index (κ3) is 2.64. The molecule has 0 radical (unpaired) electrons. The van der Waals surface area contributed by atoms with Gasteiger partial charge in [0.25, 0.3) is 0 Å². The van der Waals surface area contributed by atoms with Gasteiger partial charge in [0, 0.05) is 25.2 Å². The lowest BCUT2D eigenvalue weighted by molar-refractivity contribution is 0.408. The molecular formula is C16H24N2O3S. The molecule has 2 N–H and O–H groups in total. The summed E-state index contributed by atoms with van der Waals surface area (Å²) in [5.74, 6) is 1.53. The predicted molar refractivity (Wildman–Crippen MR) is 85.4 cm³/mol. The number of ether oxygens (including phenoxy) is 1. The molecule has 1 aliphatic heterocycles. The lowest BCUT2D eigenvalue weighted by atomic mass is 9.99. The van der Waals surface area contributed by atoms with Gasteiger partial charge in [0.2, 0.25) is 10.0 Å². The molecule has 3 rings (SSSR count). The van der Waals surface area contributed by atoms with E-state index < -0.39 is 10.0 Å². The number of rotatable bonds is 4. The Morgan fingerprint density at radius 3 is 2.45 bits per heavy atom. The first kappa shape index (κ1) is 15.8. The zero-order chi connectivity index (χ0) is 16.1. The molecule has 1 aromatic rings. The summed E-state index contributed by atoms with van der Waals surface area (Å²) in [6, 6.07) is 3.45. The summed E-state index contributed by atoms with van der Waals surface area (Å²) in [4.78, 5) is 0.332. The first-order valence-corrected chi connectivity index (χ1v) is 9.19. The first-order valence-electron chi connectivity index (χ1n) is 7.75. The van der Waals surface area contributed by atoms with E-state index in [4.69, 9.17) is 10.5 Å². The summed E-state index contributed by atoms with van der Waals surface area (Å²) in [7, 11) is -1.96. The summed E-state index contributed by atoms with van der Waals surface area (Å²) in [5.41, 5.74) is 7.86. The minimum absolute atomic E-state index is 0.0464. The number of nitrogens with two attached hydrogens (primary N) is 1. The normalized spacial score (nSPS) is 26.4. The number of methoxy groups -OCH3 is 1. The van der Waals surface area contributed by atoms with E-state index in [1.165, 1.54) is 12.8 Å². The fraction of sp³-hybridized carbons (Fsp3) is 0.625. The second kappa shape index (κ2) is 5.51. The number of aryl methyl sites for hydroxylation is 2. The van der Waals surface area contributed by atoms with Crippen molar-refractivity contribution in [2.45, 2.75) is 37.6 Å². The Morgan fingerprint density at radius 2 is 1.86 bits per heavy atom. The highest BCUT2D eigenvalue weighted by atomic mass is 32.2. The standard InChI is InChI=1S/C16H24N2O3S/c1-10-6-11(2)16(7-15(10)21-3)22(19,20)18-8-13(12-4-5-12)14(17)9-18/h6-7,12-14H,4-5,8-9,17H2,1-3H3/t13-,14+/m0/s1. The number of sulfonamides is 1. The molecule has 1 heterocycles. The van der Waals surface area contributed by atoms with E-state index in [2.05, 4.69) is 0 Å². The minimum atomic E-state index is -3.52. The summed E-state index contributed by atoms with van der Waals surface area (Å²) in [6.45, 7) is 4.70. The Kier molecular flexibility index (Phi) is 3.95. The van der Waals surface area contributed by atoms with E-state index in [1.54, 1.807) is 17.5 Å². The molecular weight excluding hydrogens is 300 g/mol. The molecule has 0 amide bonds. The molecule has 2 fully saturated rings. The van der Waals surface area contributed by atoms with Crippen molar-refractivity contribution in [3.05, 3.63) is 23.3 Å². The summed E-state index contributed by atoms with van der Waals surface area (Å²) in [6.07, 6.45) is 2.37. The molecule has 2 aliphatic rings. The van der Waals surface area contributed by atoms with Gasteiger partial charge in [0.1, 0.15) is 5.75 Å². The van der Waals surface area contributed by atoms with Gasteiger partial charge in [-0.1, -0.05) is 6.07 Å². The molecule has 2 atom stereocenters. The highest BCUT2D eigenvalue weighted by Gasteiger charge is 2.44. The van der Waals surface area contributed by atoms with Crippen molar-refractivity contribution < 1.29 is 13.2 Å². The quantitative estimate of drug-likeness (QED) is 0.914. The summed E-state index contributed by atoms with van der Waals surface area (Å²) < 4.78 is 32.8. The smallest absolute Gasteiger partial charge is 0.243 e. The van der Waals surface area contributed by atoms with Crippen LogP contribution < -0.4 is 10.5 Å². The van der Waals surface area contributed by atoms with Gasteiger partial charge in [-0.2, -0.15) is 4.31 Å². The first-order chi connectivity index (χ1) is 10.3. The van der Waals surface area contributed by atoms with Crippen LogP contribution in [0, 0.1) is 25.7 Å². The topological polar surface area (TPSA) is 72.6 Å². The SMILES string of the molecule is COc1cc(S(=O)(=O)N2C[C@@H](N)[C@H](C3CC3)C2)c(C)cc1C. The average Bonchev–Trinajstić information content (AvgIpc) is 3.21. The van der Waals surface area contributed by atoms with E-state index in [0.717, 1.165) is 11.1 Å². The monoisotopic (exact) mass is 324 g/mol. The van der Waals surface area contributed by atoms with Crippen LogP contribution in [0.2, 0.25) is 0 Å². The Labute approximate surface area is 132 Å². The van der Waals surface area contributed by atoms with Gasteiger partial charge in [-0.15, -0.1) is 0 Å². The van der Waals surface area contributed by atoms with Crippen LogP contribution in [0.4, 0.5) is 0 Å². The zero-order valence-corrected chi connectivity index (χ0v) is 14.2. The number of nitrogens with zero attached hydrogens (tertiary/aromatic N) is 1. The van der Waals surface area contributed by atoms with Crippen molar-refractivity contribution in [1.82, 2.24) is 4.31 Å². The predicted octanol–water partition coefficient (Wildman–Crippen LogP) is 1.67. The fourth-order valence-corrected chi connectivity index (χ4v) is 5.22. The van der Waals surface area contributed by atoms with Gasteiger partial charge in [0.15, 0.2) is 0 Å². The summed E-state index contributed by atoms with van der Waals surface area (Å²) >= 11 is 0. The highest BCUT2D eigenvalue weighted by Crippen LogP contribution is 2.42. The van der Waals surface area contributed by atoms with Crippen molar-refractivity contribution in [2.24, 2.45) is 17.6 Å². The molecule has 0 spiro atoms. The van der Waals surface area contributed by atoms with Gasteiger partial charge in [-0.05, 0) is 49.7 Å². The third-order valence-electron chi connectivity index (χ3n) is 4.92. The Bertz CT molecular complexity index is 683. The van der Waals surface area contributed by atoms with Gasteiger partial charge >= 0.3 is 0 Å². The van der Waals surface area contributed by atoms with Crippen molar-refractivity contribution in [3.63, 3.8) is 0 Å². The van der Waals surface area contributed by atoms with Crippen LogP contribution in [-0.4, -0.2) is 39.0 Å². The molecule has 0 unspecified atom stereocenters. The van der Waals surface area contributed by atoms with E-state index in [1.807, 2.05) is 19.9 Å². The molecule has 0 bridgehead atoms. The van der Waals surface area contributed by atoms with Crippen molar-refractivity contribution in [3.8, 4) is 5.75 Å². The fourth-order valence-electron chi connectivity index (χ4n) is 3.49. The van der Waals surface area contributed by atoms with E-state index in [0.29, 0.717) is 35.6 Å². The molecule has 1 aliphatic carbocycles. The van der Waals surface area contributed by atoms with E-state index in [-0.39, 0.29) is 6.04 Å². The Morgan fingerprint density at radius 1 is 1.18 bits per heavy atom. The molecule has 0 aromatic heterocycles. The van der Waals surface area contributed by atoms with Crippen LogP contribution in [0.25, 0.3) is 0 Å². The van der Waals surface area contributed by atoms with Gasteiger partial charge in [-0.3, -0.25) is 0 Å². The van der Waals surface area contributed by atoms with Crippen LogP contribution in [0.5, 0.6) is 5.75 Å². The second-order valence-electron chi connectivity index (χ2n) is 6.57. The number of benzene rings is 1. The maximum absolute atomic E-state index is 13.0. The van der Waals surface area contributed by atoms with Crippen LogP contribution in [0.3, 0.4) is 0 Å². The van der Waals surface area contributed by atoms with Crippen molar-refractivity contribution >= 4 is 10.0 Å². The van der Waals surface area contributed by atoms with Crippen LogP contribution in [-0.2, 0) is 10.0 Å². The molecule has 5 nitrogen and oxygen atoms in total. The maximum Gasteiger partial charge on any atom is 0.243 e. The number of hydrogen-bond donors (Lipinski definition) is 1. The van der Waals surface area contributed by atoms with E-state index in [9.17, 15) is 8.42 Å². The van der Waals surface area contributed by atoms with E-state index >= 15 is 0 Å². The van der Waals surface area contributed by atoms with Crippen molar-refractivity contribution in [2.75, 3.05) is 20.2 Å². The Hall–Kier alpha value is -1.11. The van der Waals surface area contributed by atoms with Gasteiger partial charge in [-0.25, -0.2) is 8.42 Å². The average molecular weight is 324 g/mol.